The highest BCUT2D eigenvalue weighted by atomic mass is 19.1. The van der Waals surface area contributed by atoms with E-state index < -0.39 is 5.82 Å². The molecular formula is C20H24FN3O. The van der Waals surface area contributed by atoms with E-state index in [4.69, 9.17) is 5.73 Å². The molecule has 1 heterocycles. The number of piperazine rings is 1. The summed E-state index contributed by atoms with van der Waals surface area (Å²) in [6.45, 7) is 4.85. The molecule has 3 rings (SSSR count). The van der Waals surface area contributed by atoms with Crippen molar-refractivity contribution in [2.75, 3.05) is 43.4 Å². The van der Waals surface area contributed by atoms with Crippen LogP contribution in [0.15, 0.2) is 48.5 Å². The second-order valence-corrected chi connectivity index (χ2v) is 6.42. The largest absolute Gasteiger partial charge is 0.398 e. The molecule has 0 atom stereocenters. The molecule has 0 unspecified atom stereocenters. The smallest absolute Gasteiger partial charge is 0.165 e. The number of Topliss-reactive ketones (excluding diaryl/α,β-unsaturated/α-hetero) is 1. The average Bonchev–Trinajstić information content (AvgIpc) is 2.65. The van der Waals surface area contributed by atoms with Crippen molar-refractivity contribution in [3.63, 3.8) is 0 Å². The van der Waals surface area contributed by atoms with Crippen LogP contribution >= 0.6 is 0 Å². The Bertz CT molecular complexity index is 712. The van der Waals surface area contributed by atoms with Gasteiger partial charge in [-0.15, -0.1) is 0 Å². The van der Waals surface area contributed by atoms with Gasteiger partial charge in [-0.2, -0.15) is 0 Å². The van der Waals surface area contributed by atoms with Gasteiger partial charge in [0.2, 0.25) is 0 Å². The number of ketones is 1. The van der Waals surface area contributed by atoms with E-state index in [-0.39, 0.29) is 5.78 Å². The lowest BCUT2D eigenvalue weighted by Gasteiger charge is -2.36. The van der Waals surface area contributed by atoms with Crippen molar-refractivity contribution in [1.82, 2.24) is 4.90 Å². The molecule has 2 N–H and O–H groups in total. The summed E-state index contributed by atoms with van der Waals surface area (Å²) in [5, 5.41) is 0. The maximum Gasteiger partial charge on any atom is 0.165 e. The van der Waals surface area contributed by atoms with Gasteiger partial charge in [-0.25, -0.2) is 4.39 Å². The summed E-state index contributed by atoms with van der Waals surface area (Å²) < 4.78 is 13.3. The number of nitrogens with zero attached hydrogens (tertiary/aromatic N) is 2. The van der Waals surface area contributed by atoms with Crippen LogP contribution < -0.4 is 10.6 Å². The summed E-state index contributed by atoms with van der Waals surface area (Å²) in [7, 11) is 0. The lowest BCUT2D eigenvalue weighted by atomic mass is 10.0. The summed E-state index contributed by atoms with van der Waals surface area (Å²) >= 11 is 0. The fourth-order valence-electron chi connectivity index (χ4n) is 3.24. The second kappa shape index (κ2) is 8.12. The molecule has 0 radical (unpaired) electrons. The zero-order chi connectivity index (χ0) is 17.6. The van der Waals surface area contributed by atoms with Gasteiger partial charge in [0.1, 0.15) is 5.82 Å². The first-order valence-electron chi connectivity index (χ1n) is 8.74. The number of hydrogen-bond donors (Lipinski definition) is 1. The van der Waals surface area contributed by atoms with Crippen LogP contribution in [0.3, 0.4) is 0 Å². The van der Waals surface area contributed by atoms with E-state index in [0.717, 1.165) is 39.1 Å². The van der Waals surface area contributed by atoms with E-state index in [1.807, 2.05) is 6.07 Å². The van der Waals surface area contributed by atoms with E-state index >= 15 is 0 Å². The Labute approximate surface area is 148 Å². The lowest BCUT2D eigenvalue weighted by Crippen LogP contribution is -2.46. The molecule has 1 saturated heterocycles. The van der Waals surface area contributed by atoms with Crippen molar-refractivity contribution in [1.29, 1.82) is 0 Å². The van der Waals surface area contributed by atoms with Gasteiger partial charge in [0.15, 0.2) is 5.78 Å². The number of benzene rings is 2. The van der Waals surface area contributed by atoms with Gasteiger partial charge in [0, 0.05) is 49.5 Å². The number of para-hydroxylation sites is 1. The average molecular weight is 341 g/mol. The first-order chi connectivity index (χ1) is 12.1. The van der Waals surface area contributed by atoms with E-state index in [2.05, 4.69) is 34.1 Å². The minimum Gasteiger partial charge on any atom is -0.398 e. The first kappa shape index (κ1) is 17.4. The normalized spacial score (nSPS) is 15.3. The van der Waals surface area contributed by atoms with Crippen molar-refractivity contribution in [2.45, 2.75) is 12.8 Å². The van der Waals surface area contributed by atoms with Crippen molar-refractivity contribution >= 4 is 17.2 Å². The molecule has 25 heavy (non-hydrogen) atoms. The van der Waals surface area contributed by atoms with Gasteiger partial charge in [0.25, 0.3) is 0 Å². The molecule has 0 aliphatic carbocycles. The molecule has 0 spiro atoms. The van der Waals surface area contributed by atoms with Gasteiger partial charge >= 0.3 is 0 Å². The Morgan fingerprint density at radius 3 is 2.48 bits per heavy atom. The first-order valence-corrected chi connectivity index (χ1v) is 8.74. The van der Waals surface area contributed by atoms with Gasteiger partial charge < -0.3 is 10.6 Å². The molecule has 0 amide bonds. The summed E-state index contributed by atoms with van der Waals surface area (Å²) in [5.74, 6) is -0.505. The lowest BCUT2D eigenvalue weighted by molar-refractivity contribution is 0.0974. The minimum absolute atomic E-state index is 0.0834. The predicted octanol–water partition coefficient (Wildman–Crippen LogP) is 3.19. The molecule has 0 bridgehead atoms. The third-order valence-electron chi connectivity index (χ3n) is 4.69. The van der Waals surface area contributed by atoms with Crippen LogP contribution in [0.2, 0.25) is 0 Å². The monoisotopic (exact) mass is 341 g/mol. The van der Waals surface area contributed by atoms with Crippen LogP contribution in [0, 0.1) is 5.82 Å². The summed E-state index contributed by atoms with van der Waals surface area (Å²) in [6, 6.07) is 14.4. The fourth-order valence-corrected chi connectivity index (χ4v) is 3.24. The van der Waals surface area contributed by atoms with Crippen molar-refractivity contribution in [2.24, 2.45) is 0 Å². The van der Waals surface area contributed by atoms with Crippen LogP contribution in [-0.4, -0.2) is 43.4 Å². The van der Waals surface area contributed by atoms with Gasteiger partial charge in [0.05, 0.1) is 0 Å². The highest BCUT2D eigenvalue weighted by Gasteiger charge is 2.17. The molecule has 1 fully saturated rings. The Morgan fingerprint density at radius 1 is 1.04 bits per heavy atom. The molecular weight excluding hydrogens is 317 g/mol. The van der Waals surface area contributed by atoms with E-state index in [0.29, 0.717) is 17.7 Å². The summed E-state index contributed by atoms with van der Waals surface area (Å²) in [4.78, 5) is 17.0. The molecule has 4 nitrogen and oxygen atoms in total. The van der Waals surface area contributed by atoms with E-state index in [1.54, 1.807) is 0 Å². The highest BCUT2D eigenvalue weighted by molar-refractivity contribution is 6.00. The number of carbonyl (C=O) groups excluding carboxylic acids is 1. The third kappa shape index (κ3) is 4.57. The van der Waals surface area contributed by atoms with Crippen molar-refractivity contribution < 1.29 is 9.18 Å². The van der Waals surface area contributed by atoms with Crippen LogP contribution in [0.1, 0.15) is 23.2 Å². The molecule has 2 aromatic rings. The Hall–Kier alpha value is -2.40. The molecule has 132 valence electrons. The van der Waals surface area contributed by atoms with E-state index in [1.165, 1.54) is 23.9 Å². The second-order valence-electron chi connectivity index (χ2n) is 6.42. The molecule has 0 aromatic heterocycles. The predicted molar refractivity (Wildman–Crippen MR) is 99.5 cm³/mol. The molecule has 1 aliphatic heterocycles. The van der Waals surface area contributed by atoms with Crippen molar-refractivity contribution in [3.05, 3.63) is 59.9 Å². The van der Waals surface area contributed by atoms with Gasteiger partial charge in [-0.3, -0.25) is 9.69 Å². The van der Waals surface area contributed by atoms with Crippen LogP contribution in [0.25, 0.3) is 0 Å². The molecule has 5 heteroatoms. The Morgan fingerprint density at radius 2 is 1.76 bits per heavy atom. The number of nitrogens with two attached hydrogens (primary N) is 1. The molecule has 0 saturated carbocycles. The number of hydrogen-bond acceptors (Lipinski definition) is 4. The van der Waals surface area contributed by atoms with Crippen LogP contribution in [-0.2, 0) is 0 Å². The summed E-state index contributed by atoms with van der Waals surface area (Å²) in [6.07, 6.45) is 1.16. The van der Waals surface area contributed by atoms with Crippen LogP contribution in [0.4, 0.5) is 15.8 Å². The zero-order valence-corrected chi connectivity index (χ0v) is 14.3. The SMILES string of the molecule is Nc1ccc(F)cc1C(=O)CCCN1CCN(c2ccccc2)CC1. The highest BCUT2D eigenvalue weighted by Crippen LogP contribution is 2.18. The number of carbonyl (C=O) groups is 1. The van der Waals surface area contributed by atoms with Gasteiger partial charge in [-0.05, 0) is 43.3 Å². The zero-order valence-electron chi connectivity index (χ0n) is 14.3. The maximum absolute atomic E-state index is 13.3. The quantitative estimate of drug-likeness (QED) is 0.647. The van der Waals surface area contributed by atoms with Crippen LogP contribution in [0.5, 0.6) is 0 Å². The summed E-state index contributed by atoms with van der Waals surface area (Å²) in [5.41, 5.74) is 7.68. The Kier molecular flexibility index (Phi) is 5.66. The van der Waals surface area contributed by atoms with Crippen molar-refractivity contribution in [3.8, 4) is 0 Å². The number of nitrogen functional groups attached to an aromatic ring is 1. The van der Waals surface area contributed by atoms with Gasteiger partial charge in [-0.1, -0.05) is 18.2 Å². The Balaban J connectivity index is 1.43. The standard InChI is InChI=1S/C20H24FN3O/c21-16-8-9-19(22)18(15-16)20(25)7-4-10-23-11-13-24(14-12-23)17-5-2-1-3-6-17/h1-3,5-6,8-9,15H,4,7,10-14,22H2. The number of rotatable bonds is 6. The maximum atomic E-state index is 13.3. The fraction of sp³-hybridized carbons (Fsp3) is 0.350. The third-order valence-corrected chi connectivity index (χ3v) is 4.69. The topological polar surface area (TPSA) is 49.6 Å². The number of halogens is 1. The number of anilines is 2. The minimum atomic E-state index is -0.422. The molecule has 1 aliphatic rings. The molecule has 2 aromatic carbocycles. The van der Waals surface area contributed by atoms with E-state index in [9.17, 15) is 9.18 Å².